The molecule has 1 N–H and O–H groups in total. The van der Waals surface area contributed by atoms with E-state index in [9.17, 15) is 4.79 Å². The van der Waals surface area contributed by atoms with Crippen LogP contribution in [0.15, 0.2) is 23.8 Å². The van der Waals surface area contributed by atoms with Gasteiger partial charge < -0.3 is 9.88 Å². The van der Waals surface area contributed by atoms with E-state index in [1.165, 1.54) is 4.88 Å². The lowest BCUT2D eigenvalue weighted by Gasteiger charge is -2.10. The molecule has 0 bridgehead atoms. The van der Waals surface area contributed by atoms with Crippen LogP contribution in [0, 0.1) is 0 Å². The van der Waals surface area contributed by atoms with Crippen molar-refractivity contribution in [2.45, 2.75) is 39.2 Å². The lowest BCUT2D eigenvalue weighted by atomic mass is 10.2. The molecule has 0 fully saturated rings. The van der Waals surface area contributed by atoms with Gasteiger partial charge in [0, 0.05) is 30.3 Å². The van der Waals surface area contributed by atoms with Gasteiger partial charge in [0.15, 0.2) is 0 Å². The average Bonchev–Trinajstić information content (AvgIpc) is 3.07. The van der Waals surface area contributed by atoms with Crippen LogP contribution in [0.5, 0.6) is 0 Å². The van der Waals surface area contributed by atoms with Gasteiger partial charge in [0.2, 0.25) is 5.91 Å². The highest BCUT2D eigenvalue weighted by Crippen LogP contribution is 2.10. The molecular formula is C14H20N4OS. The molecule has 0 aliphatic heterocycles. The summed E-state index contributed by atoms with van der Waals surface area (Å²) in [6.07, 6.45) is 3.80. The minimum Gasteiger partial charge on any atom is -0.356 e. The Morgan fingerprint density at radius 3 is 3.00 bits per heavy atom. The van der Waals surface area contributed by atoms with Crippen LogP contribution in [0.1, 0.15) is 37.0 Å². The number of nitrogens with zero attached hydrogens (tertiary/aromatic N) is 3. The molecule has 0 radical (unpaired) electrons. The number of carbonyl (C=O) groups excluding carboxylic acids is 1. The fourth-order valence-corrected chi connectivity index (χ4v) is 2.68. The van der Waals surface area contributed by atoms with Crippen LogP contribution in [-0.4, -0.2) is 27.2 Å². The zero-order valence-corrected chi connectivity index (χ0v) is 12.7. The summed E-state index contributed by atoms with van der Waals surface area (Å²) in [5.74, 6) is 1.01. The quantitative estimate of drug-likeness (QED) is 0.851. The van der Waals surface area contributed by atoms with E-state index in [1.807, 2.05) is 16.0 Å². The first kappa shape index (κ1) is 14.7. The zero-order chi connectivity index (χ0) is 14.4. The fraction of sp³-hybridized carbons (Fsp3) is 0.500. The Hall–Kier alpha value is -1.69. The van der Waals surface area contributed by atoms with Crippen LogP contribution in [-0.2, 0) is 17.6 Å². The third-order valence-electron chi connectivity index (χ3n) is 3.05. The number of rotatable bonds is 7. The molecule has 108 valence electrons. The highest BCUT2D eigenvalue weighted by molar-refractivity contribution is 7.09. The van der Waals surface area contributed by atoms with Gasteiger partial charge in [-0.05, 0) is 31.7 Å². The van der Waals surface area contributed by atoms with E-state index in [0.29, 0.717) is 25.4 Å². The minimum atomic E-state index is 0.0917. The van der Waals surface area contributed by atoms with Crippen molar-refractivity contribution < 1.29 is 4.79 Å². The van der Waals surface area contributed by atoms with Crippen molar-refractivity contribution in [3.63, 3.8) is 0 Å². The number of hydrogen-bond acceptors (Lipinski definition) is 4. The summed E-state index contributed by atoms with van der Waals surface area (Å²) in [7, 11) is 0. The van der Waals surface area contributed by atoms with Crippen LogP contribution in [0.25, 0.3) is 0 Å². The lowest BCUT2D eigenvalue weighted by Crippen LogP contribution is -2.26. The standard InChI is InChI=1S/C14H20N4OS/c1-11(2)18-10-16-17-13(18)7-8-15-14(19)6-5-12-4-3-9-20-12/h3-4,9-11H,5-8H2,1-2H3,(H,15,19). The number of aryl methyl sites for hydroxylation is 1. The molecule has 0 saturated carbocycles. The van der Waals surface area contributed by atoms with Crippen LogP contribution in [0.3, 0.4) is 0 Å². The first-order valence-corrected chi connectivity index (χ1v) is 7.72. The number of nitrogens with one attached hydrogen (secondary N) is 1. The Balaban J connectivity index is 1.70. The summed E-state index contributed by atoms with van der Waals surface area (Å²) in [6, 6.07) is 4.41. The van der Waals surface area contributed by atoms with E-state index >= 15 is 0 Å². The van der Waals surface area contributed by atoms with E-state index in [1.54, 1.807) is 17.7 Å². The van der Waals surface area contributed by atoms with Gasteiger partial charge in [0.25, 0.3) is 0 Å². The Morgan fingerprint density at radius 2 is 2.30 bits per heavy atom. The Kier molecular flexibility index (Phi) is 5.29. The molecule has 2 aromatic heterocycles. The number of carbonyl (C=O) groups is 1. The smallest absolute Gasteiger partial charge is 0.220 e. The predicted molar refractivity (Wildman–Crippen MR) is 79.8 cm³/mol. The monoisotopic (exact) mass is 292 g/mol. The van der Waals surface area contributed by atoms with Crippen LogP contribution >= 0.6 is 11.3 Å². The van der Waals surface area contributed by atoms with Gasteiger partial charge in [-0.3, -0.25) is 4.79 Å². The number of aromatic nitrogens is 3. The van der Waals surface area contributed by atoms with Crippen LogP contribution in [0.4, 0.5) is 0 Å². The van der Waals surface area contributed by atoms with Gasteiger partial charge >= 0.3 is 0 Å². The maximum absolute atomic E-state index is 11.7. The SMILES string of the molecule is CC(C)n1cnnc1CCNC(=O)CCc1cccs1. The van der Waals surface area contributed by atoms with Crippen molar-refractivity contribution in [2.75, 3.05) is 6.54 Å². The summed E-state index contributed by atoms with van der Waals surface area (Å²) in [6.45, 7) is 4.79. The van der Waals surface area contributed by atoms with Crippen molar-refractivity contribution in [3.8, 4) is 0 Å². The van der Waals surface area contributed by atoms with Crippen molar-refractivity contribution in [2.24, 2.45) is 0 Å². The molecular weight excluding hydrogens is 272 g/mol. The number of thiophene rings is 1. The van der Waals surface area contributed by atoms with Crippen LogP contribution in [0.2, 0.25) is 0 Å². The van der Waals surface area contributed by atoms with E-state index in [4.69, 9.17) is 0 Å². The van der Waals surface area contributed by atoms with Gasteiger partial charge in [0.1, 0.15) is 12.2 Å². The zero-order valence-electron chi connectivity index (χ0n) is 11.9. The molecule has 1 amide bonds. The molecule has 20 heavy (non-hydrogen) atoms. The normalized spacial score (nSPS) is 10.9. The Bertz CT molecular complexity index is 533. The second-order valence-corrected chi connectivity index (χ2v) is 5.96. The topological polar surface area (TPSA) is 59.8 Å². The summed E-state index contributed by atoms with van der Waals surface area (Å²) in [5, 5.41) is 13.0. The Morgan fingerprint density at radius 1 is 1.45 bits per heavy atom. The van der Waals surface area contributed by atoms with Crippen molar-refractivity contribution in [1.29, 1.82) is 0 Å². The van der Waals surface area contributed by atoms with Crippen LogP contribution < -0.4 is 5.32 Å². The molecule has 6 heteroatoms. The van der Waals surface area contributed by atoms with Gasteiger partial charge in [0.05, 0.1) is 0 Å². The van der Waals surface area contributed by atoms with E-state index in [-0.39, 0.29) is 5.91 Å². The first-order valence-electron chi connectivity index (χ1n) is 6.84. The van der Waals surface area contributed by atoms with E-state index in [0.717, 1.165) is 12.2 Å². The maximum atomic E-state index is 11.7. The summed E-state index contributed by atoms with van der Waals surface area (Å²) in [5.41, 5.74) is 0. The van der Waals surface area contributed by atoms with Crippen molar-refractivity contribution in [1.82, 2.24) is 20.1 Å². The third kappa shape index (κ3) is 4.16. The summed E-state index contributed by atoms with van der Waals surface area (Å²) >= 11 is 1.69. The highest BCUT2D eigenvalue weighted by Gasteiger charge is 2.08. The second-order valence-electron chi connectivity index (χ2n) is 4.93. The van der Waals surface area contributed by atoms with Gasteiger partial charge in [-0.15, -0.1) is 21.5 Å². The lowest BCUT2D eigenvalue weighted by molar-refractivity contribution is -0.121. The van der Waals surface area contributed by atoms with E-state index in [2.05, 4.69) is 35.4 Å². The first-order chi connectivity index (χ1) is 9.66. The van der Waals surface area contributed by atoms with E-state index < -0.39 is 0 Å². The van der Waals surface area contributed by atoms with Gasteiger partial charge in [-0.2, -0.15) is 0 Å². The van der Waals surface area contributed by atoms with Gasteiger partial charge in [-0.1, -0.05) is 6.07 Å². The molecule has 2 rings (SSSR count). The molecule has 0 atom stereocenters. The Labute approximate surface area is 123 Å². The third-order valence-corrected chi connectivity index (χ3v) is 3.99. The van der Waals surface area contributed by atoms with Crippen molar-refractivity contribution >= 4 is 17.2 Å². The summed E-state index contributed by atoms with van der Waals surface area (Å²) < 4.78 is 2.03. The fourth-order valence-electron chi connectivity index (χ4n) is 1.97. The molecule has 2 heterocycles. The van der Waals surface area contributed by atoms with Gasteiger partial charge in [-0.25, -0.2) is 0 Å². The molecule has 0 aliphatic carbocycles. The maximum Gasteiger partial charge on any atom is 0.220 e. The molecule has 0 unspecified atom stereocenters. The largest absolute Gasteiger partial charge is 0.356 e. The number of amides is 1. The molecule has 0 aromatic carbocycles. The molecule has 0 spiro atoms. The van der Waals surface area contributed by atoms with Crippen molar-refractivity contribution in [3.05, 3.63) is 34.5 Å². The average molecular weight is 292 g/mol. The number of hydrogen-bond donors (Lipinski definition) is 1. The molecule has 5 nitrogen and oxygen atoms in total. The molecule has 2 aromatic rings. The second kappa shape index (κ2) is 7.19. The molecule has 0 saturated heterocycles. The predicted octanol–water partition coefficient (Wildman–Crippen LogP) is 2.21. The highest BCUT2D eigenvalue weighted by atomic mass is 32.1. The minimum absolute atomic E-state index is 0.0917. The molecule has 0 aliphatic rings. The summed E-state index contributed by atoms with van der Waals surface area (Å²) in [4.78, 5) is 13.0.